The van der Waals surface area contributed by atoms with E-state index in [1.54, 1.807) is 38.1 Å². The molecule has 0 amide bonds. The topological polar surface area (TPSA) is 86.7 Å². The summed E-state index contributed by atoms with van der Waals surface area (Å²) in [6, 6.07) is 11.6. The molecular formula is C17H20O6S8. The molecule has 2 aromatic rings. The van der Waals surface area contributed by atoms with Crippen molar-refractivity contribution in [1.29, 1.82) is 0 Å². The number of benzene rings is 2. The predicted molar refractivity (Wildman–Crippen MR) is 141 cm³/mol. The van der Waals surface area contributed by atoms with Crippen molar-refractivity contribution in [1.82, 2.24) is 0 Å². The fourth-order valence-corrected chi connectivity index (χ4v) is 6.72. The summed E-state index contributed by atoms with van der Waals surface area (Å²) in [6.45, 7) is 3.57. The van der Waals surface area contributed by atoms with Crippen LogP contribution in [-0.4, -0.2) is 29.4 Å². The van der Waals surface area contributed by atoms with Crippen molar-refractivity contribution in [2.24, 2.45) is 0 Å². The average Bonchev–Trinajstić information content (AvgIpc) is 2.60. The second-order valence-corrected chi connectivity index (χ2v) is 14.6. The maximum atomic E-state index is 12.7. The molecule has 0 unspecified atom stereocenters. The molecule has 31 heavy (non-hydrogen) atoms. The van der Waals surface area contributed by atoms with Crippen LogP contribution >= 0.6 is 75.8 Å². The van der Waals surface area contributed by atoms with Crippen LogP contribution in [0.2, 0.25) is 0 Å². The van der Waals surface area contributed by atoms with Crippen LogP contribution in [0.25, 0.3) is 0 Å². The second kappa shape index (κ2) is 9.55. The summed E-state index contributed by atoms with van der Waals surface area (Å²) in [7, 11) is -8.80. The van der Waals surface area contributed by atoms with Crippen molar-refractivity contribution < 1.29 is 25.2 Å². The number of rotatable bonds is 8. The number of thiol groups is 6. The Balaban J connectivity index is 2.35. The van der Waals surface area contributed by atoms with Gasteiger partial charge in [-0.2, -0.15) is 42.1 Å². The molecule has 2 aromatic carbocycles. The highest BCUT2D eigenvalue weighted by Gasteiger charge is 2.60. The Kier molecular flexibility index (Phi) is 8.50. The third kappa shape index (κ3) is 6.28. The summed E-state index contributed by atoms with van der Waals surface area (Å²) < 4.78 is 54.0. The molecule has 0 aliphatic rings. The van der Waals surface area contributed by atoms with E-state index in [9.17, 15) is 16.8 Å². The molecule has 0 saturated carbocycles. The maximum Gasteiger partial charge on any atom is 0.299 e. The summed E-state index contributed by atoms with van der Waals surface area (Å²) in [4.78, 5) is -0.361. The Morgan fingerprint density at radius 3 is 1.10 bits per heavy atom. The van der Waals surface area contributed by atoms with Crippen LogP contribution in [0.3, 0.4) is 0 Å². The van der Waals surface area contributed by atoms with E-state index < -0.39 is 32.8 Å². The summed E-state index contributed by atoms with van der Waals surface area (Å²) in [5, 5.41) is 0. The fourth-order valence-electron chi connectivity index (χ4n) is 2.14. The minimum Gasteiger partial charge on any atom is -0.235 e. The van der Waals surface area contributed by atoms with Gasteiger partial charge in [-0.25, -0.2) is 8.37 Å². The van der Waals surface area contributed by atoms with Crippen LogP contribution in [0.1, 0.15) is 11.1 Å². The van der Waals surface area contributed by atoms with E-state index in [1.807, 2.05) is 0 Å². The van der Waals surface area contributed by atoms with Gasteiger partial charge in [-0.1, -0.05) is 35.4 Å². The first-order valence-corrected chi connectivity index (χ1v) is 13.8. The first-order chi connectivity index (χ1) is 13.9. The van der Waals surface area contributed by atoms with Crippen LogP contribution < -0.4 is 0 Å². The van der Waals surface area contributed by atoms with Crippen LogP contribution in [-0.2, 0) is 28.6 Å². The summed E-state index contributed by atoms with van der Waals surface area (Å²) in [5.41, 5.74) is 1.67. The van der Waals surface area contributed by atoms with Crippen LogP contribution in [0.5, 0.6) is 0 Å². The van der Waals surface area contributed by atoms with Gasteiger partial charge >= 0.3 is 0 Å². The van der Waals surface area contributed by atoms with Gasteiger partial charge in [-0.3, -0.25) is 0 Å². The quantitative estimate of drug-likeness (QED) is 0.162. The van der Waals surface area contributed by atoms with Crippen molar-refractivity contribution in [3.05, 3.63) is 59.7 Å². The SMILES string of the molecule is Cc1ccc(S(=O)(=O)OC(S)(S)C(S)(S)C(S)(S)OS(=O)(=O)c2ccc(C)cc2)cc1. The molecule has 0 N–H and O–H groups in total. The van der Waals surface area contributed by atoms with E-state index in [0.29, 0.717) is 0 Å². The normalized spacial score (nSPS) is 13.9. The minimum absolute atomic E-state index is 0.180. The lowest BCUT2D eigenvalue weighted by molar-refractivity contribution is 0.179. The monoisotopic (exact) mass is 576 g/mol. The molecule has 0 aromatic heterocycles. The third-order valence-corrected chi connectivity index (χ3v) is 11.5. The van der Waals surface area contributed by atoms with E-state index >= 15 is 0 Å². The molecule has 6 nitrogen and oxygen atoms in total. The van der Waals surface area contributed by atoms with Gasteiger partial charge in [0, 0.05) is 0 Å². The average molecular weight is 577 g/mol. The van der Waals surface area contributed by atoms with Crippen molar-refractivity contribution in [3.63, 3.8) is 0 Å². The molecule has 0 radical (unpaired) electrons. The molecular weight excluding hydrogens is 557 g/mol. The highest BCUT2D eigenvalue weighted by Crippen LogP contribution is 2.55. The van der Waals surface area contributed by atoms with E-state index in [0.717, 1.165) is 11.1 Å². The molecule has 0 saturated heterocycles. The highest BCUT2D eigenvalue weighted by molar-refractivity contribution is 8.12. The Morgan fingerprint density at radius 2 is 0.839 bits per heavy atom. The predicted octanol–water partition coefficient (Wildman–Crippen LogP) is 4.00. The highest BCUT2D eigenvalue weighted by atomic mass is 32.2. The van der Waals surface area contributed by atoms with E-state index in [-0.39, 0.29) is 9.79 Å². The van der Waals surface area contributed by atoms with Gasteiger partial charge in [0.05, 0.1) is 9.79 Å². The first-order valence-electron chi connectivity index (χ1n) is 8.30. The molecule has 172 valence electrons. The molecule has 0 aliphatic heterocycles. The lowest BCUT2D eigenvalue weighted by Gasteiger charge is -2.44. The lowest BCUT2D eigenvalue weighted by atomic mass is 10.2. The molecule has 0 spiro atoms. The van der Waals surface area contributed by atoms with Crippen molar-refractivity contribution in [2.75, 3.05) is 0 Å². The molecule has 0 fully saturated rings. The zero-order valence-electron chi connectivity index (χ0n) is 16.1. The first kappa shape index (κ1) is 27.6. The van der Waals surface area contributed by atoms with E-state index in [4.69, 9.17) is 8.37 Å². The van der Waals surface area contributed by atoms with E-state index in [1.165, 1.54) is 24.3 Å². The number of hydrogen-bond acceptors (Lipinski definition) is 12. The second-order valence-electron chi connectivity index (χ2n) is 6.59. The number of aryl methyl sites for hydroxylation is 2. The zero-order chi connectivity index (χ0) is 23.9. The third-order valence-electron chi connectivity index (χ3n) is 3.98. The van der Waals surface area contributed by atoms with Crippen LogP contribution in [0.15, 0.2) is 58.3 Å². The van der Waals surface area contributed by atoms with Gasteiger partial charge < -0.3 is 0 Å². The van der Waals surface area contributed by atoms with Gasteiger partial charge in [0.25, 0.3) is 20.2 Å². The molecule has 14 heteroatoms. The van der Waals surface area contributed by atoms with Crippen molar-refractivity contribution >= 4 is 96.0 Å². The zero-order valence-corrected chi connectivity index (χ0v) is 23.1. The van der Waals surface area contributed by atoms with Crippen molar-refractivity contribution in [3.8, 4) is 0 Å². The molecule has 2 rings (SSSR count). The maximum absolute atomic E-state index is 12.7. The summed E-state index contributed by atoms with van der Waals surface area (Å²) >= 11 is 24.9. The van der Waals surface area contributed by atoms with Gasteiger partial charge in [0.1, 0.15) is 0 Å². The molecule has 0 bridgehead atoms. The summed E-state index contributed by atoms with van der Waals surface area (Å²) in [5.74, 6) is 0. The number of hydrogen-bond donors (Lipinski definition) is 6. The Hall–Kier alpha value is 0.360. The van der Waals surface area contributed by atoms with Crippen molar-refractivity contribution in [2.45, 2.75) is 36.2 Å². The van der Waals surface area contributed by atoms with Gasteiger partial charge in [0.15, 0.2) is 4.08 Å². The van der Waals surface area contributed by atoms with Crippen LogP contribution in [0, 0.1) is 13.8 Å². The summed E-state index contributed by atoms with van der Waals surface area (Å²) in [6.07, 6.45) is 0. The van der Waals surface area contributed by atoms with Crippen LogP contribution in [0.4, 0.5) is 0 Å². The Bertz CT molecular complexity index is 1050. The smallest absolute Gasteiger partial charge is 0.235 e. The Morgan fingerprint density at radius 1 is 0.581 bits per heavy atom. The molecule has 0 aliphatic carbocycles. The van der Waals surface area contributed by atoms with E-state index in [2.05, 4.69) is 75.8 Å². The fraction of sp³-hybridized carbons (Fsp3) is 0.294. The Labute approximate surface area is 215 Å². The lowest BCUT2D eigenvalue weighted by Crippen LogP contribution is -2.54. The standard InChI is InChI=1S/C17H20O6S8/c1-11-3-7-13(8-4-11)30(18,19)22-16(26,27)15(24,25)17(28,29)23-31(20,21)14-9-5-12(2)6-10-14/h3-10,24-29H,1-2H3. The van der Waals surface area contributed by atoms with Gasteiger partial charge in [-0.05, 0) is 38.1 Å². The van der Waals surface area contributed by atoms with Gasteiger partial charge in [-0.15, -0.1) is 50.5 Å². The van der Waals surface area contributed by atoms with Gasteiger partial charge in [0.2, 0.25) is 8.53 Å². The minimum atomic E-state index is -4.40. The molecule has 0 heterocycles. The largest absolute Gasteiger partial charge is 0.299 e. The molecule has 0 atom stereocenters.